The summed E-state index contributed by atoms with van der Waals surface area (Å²) < 4.78 is 14.6. The molecule has 0 saturated heterocycles. The predicted octanol–water partition coefficient (Wildman–Crippen LogP) is 5.61. The zero-order valence-electron chi connectivity index (χ0n) is 15.1. The standard InChI is InChI=1S/C21H25FN2/c1-14-7-6-8-17(9-14)23-13-16-10-18-15(2)12-21(3,4)24(5)20(18)11-19(16)22/h6-11,13,15H,12H2,1-5H3. The number of rotatable bonds is 2. The lowest BCUT2D eigenvalue weighted by molar-refractivity contribution is 0.394. The molecule has 0 saturated carbocycles. The van der Waals surface area contributed by atoms with Crippen molar-refractivity contribution < 1.29 is 4.39 Å². The second-order valence-electron chi connectivity index (χ2n) is 7.51. The van der Waals surface area contributed by atoms with E-state index in [0.717, 1.165) is 23.4 Å². The van der Waals surface area contributed by atoms with E-state index in [1.54, 1.807) is 12.3 Å². The Hall–Kier alpha value is -2.16. The molecule has 1 unspecified atom stereocenters. The summed E-state index contributed by atoms with van der Waals surface area (Å²) in [4.78, 5) is 6.63. The number of benzene rings is 2. The molecule has 2 aromatic rings. The molecule has 3 heteroatoms. The molecule has 0 spiro atoms. The van der Waals surface area contributed by atoms with Gasteiger partial charge in [0.05, 0.1) is 5.69 Å². The smallest absolute Gasteiger partial charge is 0.134 e. The number of aliphatic imine (C=N–C) groups is 1. The van der Waals surface area contributed by atoms with Gasteiger partial charge in [0.1, 0.15) is 5.82 Å². The van der Waals surface area contributed by atoms with E-state index in [1.807, 2.05) is 44.3 Å². The van der Waals surface area contributed by atoms with Gasteiger partial charge in [-0.15, -0.1) is 0 Å². The zero-order valence-corrected chi connectivity index (χ0v) is 15.1. The van der Waals surface area contributed by atoms with E-state index >= 15 is 0 Å². The fraction of sp³-hybridized carbons (Fsp3) is 0.381. The number of halogens is 1. The van der Waals surface area contributed by atoms with Crippen LogP contribution in [0.1, 0.15) is 49.8 Å². The molecule has 0 radical (unpaired) electrons. The highest BCUT2D eigenvalue weighted by Gasteiger charge is 2.34. The summed E-state index contributed by atoms with van der Waals surface area (Å²) in [5.74, 6) is 0.180. The quantitative estimate of drug-likeness (QED) is 0.656. The summed E-state index contributed by atoms with van der Waals surface area (Å²) in [6.45, 7) is 8.65. The van der Waals surface area contributed by atoms with Crippen LogP contribution in [0.25, 0.3) is 0 Å². The lowest BCUT2D eigenvalue weighted by Gasteiger charge is -2.45. The Balaban J connectivity index is 1.99. The Kier molecular flexibility index (Phi) is 4.20. The van der Waals surface area contributed by atoms with Gasteiger partial charge in [0.25, 0.3) is 0 Å². The fourth-order valence-corrected chi connectivity index (χ4v) is 3.56. The summed E-state index contributed by atoms with van der Waals surface area (Å²) in [6.07, 6.45) is 2.69. The van der Waals surface area contributed by atoms with Crippen LogP contribution in [0.4, 0.5) is 15.8 Å². The van der Waals surface area contributed by atoms with Gasteiger partial charge in [-0.1, -0.05) is 19.1 Å². The molecule has 1 heterocycles. The lowest BCUT2D eigenvalue weighted by atomic mass is 9.80. The van der Waals surface area contributed by atoms with E-state index in [4.69, 9.17) is 0 Å². The minimum atomic E-state index is -0.220. The Morgan fingerprint density at radius 1 is 1.25 bits per heavy atom. The molecule has 0 amide bonds. The van der Waals surface area contributed by atoms with Crippen molar-refractivity contribution >= 4 is 17.6 Å². The molecular formula is C21H25FN2. The second kappa shape index (κ2) is 6.04. The first-order valence-corrected chi connectivity index (χ1v) is 8.46. The monoisotopic (exact) mass is 324 g/mol. The van der Waals surface area contributed by atoms with E-state index < -0.39 is 0 Å². The third-order valence-electron chi connectivity index (χ3n) is 5.11. The maximum Gasteiger partial charge on any atom is 0.134 e. The fourth-order valence-electron chi connectivity index (χ4n) is 3.56. The Labute approximate surface area is 144 Å². The normalized spacial score (nSPS) is 19.6. The number of hydrogen-bond acceptors (Lipinski definition) is 2. The van der Waals surface area contributed by atoms with Crippen molar-refractivity contribution in [3.05, 3.63) is 58.9 Å². The molecule has 126 valence electrons. The van der Waals surface area contributed by atoms with Crippen LogP contribution in [0.15, 0.2) is 41.4 Å². The Morgan fingerprint density at radius 2 is 2.00 bits per heavy atom. The van der Waals surface area contributed by atoms with Crippen LogP contribution in [0.2, 0.25) is 0 Å². The number of fused-ring (bicyclic) bond motifs is 1. The van der Waals surface area contributed by atoms with Crippen molar-refractivity contribution in [1.29, 1.82) is 0 Å². The van der Waals surface area contributed by atoms with E-state index in [9.17, 15) is 4.39 Å². The van der Waals surface area contributed by atoms with Crippen LogP contribution >= 0.6 is 0 Å². The van der Waals surface area contributed by atoms with Gasteiger partial charge in [-0.05, 0) is 68.5 Å². The molecule has 0 fully saturated rings. The molecule has 24 heavy (non-hydrogen) atoms. The van der Waals surface area contributed by atoms with Gasteiger partial charge >= 0.3 is 0 Å². The first-order valence-electron chi connectivity index (χ1n) is 8.46. The average molecular weight is 324 g/mol. The highest BCUT2D eigenvalue weighted by Crippen LogP contribution is 2.43. The van der Waals surface area contributed by atoms with Crippen LogP contribution in [-0.2, 0) is 0 Å². The molecule has 0 N–H and O–H groups in total. The van der Waals surface area contributed by atoms with Crippen LogP contribution < -0.4 is 4.90 Å². The molecular weight excluding hydrogens is 299 g/mol. The molecule has 0 aromatic heterocycles. The summed E-state index contributed by atoms with van der Waals surface area (Å²) in [6, 6.07) is 11.5. The first kappa shape index (κ1) is 16.7. The summed E-state index contributed by atoms with van der Waals surface area (Å²) in [5, 5.41) is 0. The maximum atomic E-state index is 14.6. The molecule has 0 aliphatic carbocycles. The van der Waals surface area contributed by atoms with Crippen LogP contribution in [0.5, 0.6) is 0 Å². The van der Waals surface area contributed by atoms with E-state index in [1.165, 1.54) is 5.56 Å². The molecule has 3 rings (SSSR count). The minimum absolute atomic E-state index is 0.0377. The maximum absolute atomic E-state index is 14.6. The van der Waals surface area contributed by atoms with Crippen molar-refractivity contribution in [2.45, 2.75) is 45.6 Å². The zero-order chi connectivity index (χ0) is 17.5. The molecule has 0 bridgehead atoms. The van der Waals surface area contributed by atoms with Crippen LogP contribution in [-0.4, -0.2) is 18.8 Å². The third kappa shape index (κ3) is 3.08. The number of nitrogens with zero attached hydrogens (tertiary/aromatic N) is 2. The van der Waals surface area contributed by atoms with Gasteiger partial charge in [-0.3, -0.25) is 4.99 Å². The van der Waals surface area contributed by atoms with Gasteiger partial charge in [0.15, 0.2) is 0 Å². The number of hydrogen-bond donors (Lipinski definition) is 0. The number of anilines is 1. The predicted molar refractivity (Wildman–Crippen MR) is 100 cm³/mol. The lowest BCUT2D eigenvalue weighted by Crippen LogP contribution is -2.45. The van der Waals surface area contributed by atoms with Gasteiger partial charge < -0.3 is 4.90 Å². The SMILES string of the molecule is Cc1cccc(N=Cc2cc3c(cc2F)N(C)C(C)(C)CC3C)c1. The van der Waals surface area contributed by atoms with Gasteiger partial charge in [-0.25, -0.2) is 4.39 Å². The highest BCUT2D eigenvalue weighted by atomic mass is 19.1. The van der Waals surface area contributed by atoms with Crippen LogP contribution in [0, 0.1) is 12.7 Å². The topological polar surface area (TPSA) is 15.6 Å². The van der Waals surface area contributed by atoms with Crippen molar-refractivity contribution in [1.82, 2.24) is 0 Å². The second-order valence-corrected chi connectivity index (χ2v) is 7.51. The molecule has 1 atom stereocenters. The molecule has 2 aromatic carbocycles. The van der Waals surface area contributed by atoms with Crippen molar-refractivity contribution in [2.75, 3.05) is 11.9 Å². The highest BCUT2D eigenvalue weighted by molar-refractivity contribution is 5.84. The first-order chi connectivity index (χ1) is 11.3. The van der Waals surface area contributed by atoms with E-state index in [-0.39, 0.29) is 11.4 Å². The summed E-state index contributed by atoms with van der Waals surface area (Å²) >= 11 is 0. The van der Waals surface area contributed by atoms with Crippen LogP contribution in [0.3, 0.4) is 0 Å². The van der Waals surface area contributed by atoms with Gasteiger partial charge in [0.2, 0.25) is 0 Å². The third-order valence-corrected chi connectivity index (χ3v) is 5.11. The number of aryl methyl sites for hydroxylation is 1. The Morgan fingerprint density at radius 3 is 2.71 bits per heavy atom. The Bertz CT molecular complexity index is 792. The van der Waals surface area contributed by atoms with Crippen molar-refractivity contribution in [3.8, 4) is 0 Å². The van der Waals surface area contributed by atoms with E-state index in [0.29, 0.717) is 11.5 Å². The minimum Gasteiger partial charge on any atom is -0.369 e. The van der Waals surface area contributed by atoms with Crippen molar-refractivity contribution in [2.24, 2.45) is 4.99 Å². The van der Waals surface area contributed by atoms with Gasteiger partial charge in [-0.2, -0.15) is 0 Å². The summed E-state index contributed by atoms with van der Waals surface area (Å²) in [5.41, 5.74) is 4.77. The molecule has 1 aliphatic heterocycles. The summed E-state index contributed by atoms with van der Waals surface area (Å²) in [7, 11) is 2.05. The average Bonchev–Trinajstić information content (AvgIpc) is 2.51. The molecule has 1 aliphatic rings. The van der Waals surface area contributed by atoms with Crippen molar-refractivity contribution in [3.63, 3.8) is 0 Å². The van der Waals surface area contributed by atoms with E-state index in [2.05, 4.69) is 30.7 Å². The molecule has 2 nitrogen and oxygen atoms in total. The van der Waals surface area contributed by atoms with Gasteiger partial charge in [0, 0.05) is 30.1 Å². The largest absolute Gasteiger partial charge is 0.369 e.